The molecule has 2 aromatic carbocycles. The molecule has 2 aromatic rings. The summed E-state index contributed by atoms with van der Waals surface area (Å²) in [4.78, 5) is 23.4. The molecule has 1 aliphatic heterocycles. The van der Waals surface area contributed by atoms with Crippen LogP contribution < -0.4 is 14.2 Å². The fraction of sp³-hybridized carbons (Fsp3) is 0.158. The van der Waals surface area contributed by atoms with Crippen molar-refractivity contribution in [2.45, 2.75) is 6.92 Å². The van der Waals surface area contributed by atoms with Crippen molar-refractivity contribution >= 4 is 17.6 Å². The molecular formula is C19H16O5. The third-order valence-corrected chi connectivity index (χ3v) is 3.48. The van der Waals surface area contributed by atoms with E-state index in [-0.39, 0.29) is 23.9 Å². The quantitative estimate of drug-likeness (QED) is 0.790. The summed E-state index contributed by atoms with van der Waals surface area (Å²) in [7, 11) is 1.59. The van der Waals surface area contributed by atoms with Crippen LogP contribution in [0.15, 0.2) is 48.2 Å². The van der Waals surface area contributed by atoms with Gasteiger partial charge in [0.25, 0.3) is 0 Å². The van der Waals surface area contributed by atoms with Gasteiger partial charge in [-0.15, -0.1) is 0 Å². The molecule has 0 unspecified atom stereocenters. The van der Waals surface area contributed by atoms with Gasteiger partial charge in [0.15, 0.2) is 11.5 Å². The van der Waals surface area contributed by atoms with E-state index in [4.69, 9.17) is 14.2 Å². The number of ketones is 2. The molecule has 0 N–H and O–H groups in total. The average Bonchev–Trinajstić information content (AvgIpc) is 2.88. The molecule has 0 saturated carbocycles. The minimum Gasteiger partial charge on any atom is -0.497 e. The van der Waals surface area contributed by atoms with E-state index in [1.54, 1.807) is 31.4 Å². The zero-order valence-electron chi connectivity index (χ0n) is 13.4. The largest absolute Gasteiger partial charge is 0.497 e. The van der Waals surface area contributed by atoms with Crippen LogP contribution in [0.25, 0.3) is 6.08 Å². The first-order valence-corrected chi connectivity index (χ1v) is 7.41. The number of carbonyl (C=O) groups is 2. The van der Waals surface area contributed by atoms with Gasteiger partial charge in [-0.3, -0.25) is 9.59 Å². The molecule has 0 saturated heterocycles. The monoisotopic (exact) mass is 324 g/mol. The molecule has 0 spiro atoms. The summed E-state index contributed by atoms with van der Waals surface area (Å²) in [5.41, 5.74) is 1.28. The molecular weight excluding hydrogens is 308 g/mol. The van der Waals surface area contributed by atoms with Crippen LogP contribution >= 0.6 is 0 Å². The standard InChI is InChI=1S/C19H16O5/c1-12(20)11-23-15-6-7-16-17(10-15)24-18(19(16)21)9-13-4-3-5-14(8-13)22-2/h3-10H,11H2,1-2H3/b18-9-. The van der Waals surface area contributed by atoms with Crippen LogP contribution in [0.5, 0.6) is 17.2 Å². The van der Waals surface area contributed by atoms with Gasteiger partial charge in [0.05, 0.1) is 12.7 Å². The highest BCUT2D eigenvalue weighted by Crippen LogP contribution is 2.35. The topological polar surface area (TPSA) is 61.8 Å². The van der Waals surface area contributed by atoms with E-state index < -0.39 is 0 Å². The van der Waals surface area contributed by atoms with Crippen molar-refractivity contribution in [1.82, 2.24) is 0 Å². The van der Waals surface area contributed by atoms with Crippen LogP contribution in [-0.4, -0.2) is 25.3 Å². The summed E-state index contributed by atoms with van der Waals surface area (Å²) in [6, 6.07) is 12.2. The number of ether oxygens (including phenoxy) is 3. The summed E-state index contributed by atoms with van der Waals surface area (Å²) >= 11 is 0. The molecule has 122 valence electrons. The molecule has 0 fully saturated rings. The van der Waals surface area contributed by atoms with E-state index in [1.165, 1.54) is 6.92 Å². The van der Waals surface area contributed by atoms with Crippen LogP contribution in [0.3, 0.4) is 0 Å². The third kappa shape index (κ3) is 3.30. The summed E-state index contributed by atoms with van der Waals surface area (Å²) in [6.07, 6.45) is 1.67. The number of rotatable bonds is 5. The fourth-order valence-electron chi connectivity index (χ4n) is 2.32. The van der Waals surface area contributed by atoms with Crippen molar-refractivity contribution in [3.8, 4) is 17.2 Å². The van der Waals surface area contributed by atoms with Gasteiger partial charge in [-0.25, -0.2) is 0 Å². The van der Waals surface area contributed by atoms with Gasteiger partial charge in [-0.1, -0.05) is 12.1 Å². The molecule has 0 amide bonds. The third-order valence-electron chi connectivity index (χ3n) is 3.48. The molecule has 5 nitrogen and oxygen atoms in total. The van der Waals surface area contributed by atoms with Crippen LogP contribution in [-0.2, 0) is 4.79 Å². The Hall–Kier alpha value is -3.08. The second-order valence-electron chi connectivity index (χ2n) is 5.37. The van der Waals surface area contributed by atoms with E-state index in [0.29, 0.717) is 22.8 Å². The Morgan fingerprint density at radius 2 is 2.00 bits per heavy atom. The number of methoxy groups -OCH3 is 1. The van der Waals surface area contributed by atoms with Gasteiger partial charge in [-0.05, 0) is 42.8 Å². The number of hydrogen-bond donors (Lipinski definition) is 0. The minimum absolute atomic E-state index is 0.0146. The van der Waals surface area contributed by atoms with Crippen molar-refractivity contribution in [2.24, 2.45) is 0 Å². The smallest absolute Gasteiger partial charge is 0.231 e. The number of benzene rings is 2. The van der Waals surface area contributed by atoms with E-state index >= 15 is 0 Å². The number of hydrogen-bond acceptors (Lipinski definition) is 5. The van der Waals surface area contributed by atoms with Gasteiger partial charge >= 0.3 is 0 Å². The van der Waals surface area contributed by atoms with E-state index in [0.717, 1.165) is 5.56 Å². The molecule has 0 radical (unpaired) electrons. The zero-order chi connectivity index (χ0) is 17.1. The lowest BCUT2D eigenvalue weighted by molar-refractivity contribution is -0.118. The van der Waals surface area contributed by atoms with E-state index in [2.05, 4.69) is 0 Å². The Balaban J connectivity index is 1.84. The normalized spacial score (nSPS) is 14.2. The number of fused-ring (bicyclic) bond motifs is 1. The second-order valence-corrected chi connectivity index (χ2v) is 5.37. The van der Waals surface area contributed by atoms with Crippen molar-refractivity contribution in [1.29, 1.82) is 0 Å². The first kappa shape index (κ1) is 15.8. The Labute approximate surface area is 139 Å². The summed E-state index contributed by atoms with van der Waals surface area (Å²) in [5, 5.41) is 0. The maximum absolute atomic E-state index is 12.4. The highest BCUT2D eigenvalue weighted by molar-refractivity contribution is 6.14. The predicted octanol–water partition coefficient (Wildman–Crippen LogP) is 3.28. The first-order chi connectivity index (χ1) is 11.6. The molecule has 0 bridgehead atoms. The van der Waals surface area contributed by atoms with E-state index in [9.17, 15) is 9.59 Å². The maximum atomic E-state index is 12.4. The van der Waals surface area contributed by atoms with Crippen molar-refractivity contribution < 1.29 is 23.8 Å². The Kier molecular flexibility index (Phi) is 4.33. The van der Waals surface area contributed by atoms with Gasteiger partial charge in [-0.2, -0.15) is 0 Å². The molecule has 5 heteroatoms. The lowest BCUT2D eigenvalue weighted by atomic mass is 10.1. The van der Waals surface area contributed by atoms with Gasteiger partial charge in [0.1, 0.15) is 23.9 Å². The van der Waals surface area contributed by atoms with Crippen LogP contribution in [0.1, 0.15) is 22.8 Å². The predicted molar refractivity (Wildman–Crippen MR) is 88.5 cm³/mol. The SMILES string of the molecule is COc1cccc(/C=C2\Oc3cc(OCC(C)=O)ccc3C2=O)c1. The molecule has 1 heterocycles. The van der Waals surface area contributed by atoms with Crippen LogP contribution in [0, 0.1) is 0 Å². The van der Waals surface area contributed by atoms with E-state index in [1.807, 2.05) is 24.3 Å². The number of allylic oxidation sites excluding steroid dienone is 1. The molecule has 24 heavy (non-hydrogen) atoms. The average molecular weight is 324 g/mol. The zero-order valence-corrected chi connectivity index (χ0v) is 13.4. The highest BCUT2D eigenvalue weighted by atomic mass is 16.5. The molecule has 3 rings (SSSR count). The lowest BCUT2D eigenvalue weighted by Crippen LogP contribution is -2.06. The summed E-state index contributed by atoms with van der Waals surface area (Å²) < 4.78 is 16.2. The highest BCUT2D eigenvalue weighted by Gasteiger charge is 2.27. The van der Waals surface area contributed by atoms with Gasteiger partial charge in [0, 0.05) is 6.07 Å². The first-order valence-electron chi connectivity index (χ1n) is 7.41. The Bertz CT molecular complexity index is 835. The van der Waals surface area contributed by atoms with Crippen molar-refractivity contribution in [2.75, 3.05) is 13.7 Å². The number of carbonyl (C=O) groups excluding carboxylic acids is 2. The molecule has 0 atom stereocenters. The number of Topliss-reactive ketones (excluding diaryl/α,β-unsaturated/α-hetero) is 2. The lowest BCUT2D eigenvalue weighted by Gasteiger charge is -2.05. The Morgan fingerprint density at radius 3 is 2.75 bits per heavy atom. The summed E-state index contributed by atoms with van der Waals surface area (Å²) in [6.45, 7) is 1.43. The molecule has 1 aliphatic rings. The minimum atomic E-state index is -0.189. The molecule has 0 aliphatic carbocycles. The van der Waals surface area contributed by atoms with Crippen molar-refractivity contribution in [3.05, 3.63) is 59.4 Å². The maximum Gasteiger partial charge on any atom is 0.231 e. The van der Waals surface area contributed by atoms with Gasteiger partial charge in [0.2, 0.25) is 5.78 Å². The molecule has 0 aromatic heterocycles. The van der Waals surface area contributed by atoms with Crippen LogP contribution in [0.2, 0.25) is 0 Å². The summed E-state index contributed by atoms with van der Waals surface area (Å²) in [5.74, 6) is 1.58. The van der Waals surface area contributed by atoms with Crippen molar-refractivity contribution in [3.63, 3.8) is 0 Å². The van der Waals surface area contributed by atoms with Crippen LogP contribution in [0.4, 0.5) is 0 Å². The van der Waals surface area contributed by atoms with Gasteiger partial charge < -0.3 is 14.2 Å². The second kappa shape index (κ2) is 6.58. The fourth-order valence-corrected chi connectivity index (χ4v) is 2.32. The Morgan fingerprint density at radius 1 is 1.17 bits per heavy atom.